The Kier molecular flexibility index (Phi) is 7.02. The molecule has 2 aliphatic heterocycles. The van der Waals surface area contributed by atoms with E-state index in [9.17, 15) is 0 Å². The Labute approximate surface area is 216 Å². The molecule has 4 nitrogen and oxygen atoms in total. The number of rotatable bonds is 4. The van der Waals surface area contributed by atoms with Crippen LogP contribution in [0.4, 0.5) is 0 Å². The standard InChI is InChI=1S/C16H16N2S.C13H16N2S/c1-12-10-15(13-6-4-3-5-7-13)19-16(12)14-8-9-17-11-18(14)2;1-8-6-16-13(9(8)2)12-11(10-3-4-10)5-14-7-15-12/h3-11,14H,1-2H3;5-7,10,12H,3-4H2,1-2H3,(H,14,15). The molecular weight excluding hydrogens is 468 g/mol. The molecule has 3 aromatic rings. The second-order valence-corrected chi connectivity index (χ2v) is 11.4. The number of hydrogen-bond acceptors (Lipinski definition) is 6. The molecule has 180 valence electrons. The van der Waals surface area contributed by atoms with Gasteiger partial charge in [0.1, 0.15) is 6.04 Å². The Morgan fingerprint density at radius 1 is 1.03 bits per heavy atom. The number of thiophene rings is 2. The monoisotopic (exact) mass is 500 g/mol. The molecule has 35 heavy (non-hydrogen) atoms. The molecule has 6 heteroatoms. The lowest BCUT2D eigenvalue weighted by Crippen LogP contribution is -2.22. The maximum atomic E-state index is 4.62. The average molecular weight is 501 g/mol. The van der Waals surface area contributed by atoms with E-state index in [0.29, 0.717) is 6.04 Å². The van der Waals surface area contributed by atoms with Gasteiger partial charge in [0, 0.05) is 34.1 Å². The number of aliphatic imine (C=N–C) groups is 2. The minimum Gasteiger partial charge on any atom is -0.354 e. The predicted octanol–water partition coefficient (Wildman–Crippen LogP) is 7.58. The summed E-state index contributed by atoms with van der Waals surface area (Å²) in [4.78, 5) is 15.1. The fourth-order valence-electron chi connectivity index (χ4n) is 4.47. The van der Waals surface area contributed by atoms with Gasteiger partial charge in [-0.1, -0.05) is 30.3 Å². The molecule has 2 aromatic heterocycles. The number of likely N-dealkylation sites (N-methyl/N-ethyl adjacent to an activating group) is 1. The van der Waals surface area contributed by atoms with E-state index < -0.39 is 0 Å². The van der Waals surface area contributed by atoms with Gasteiger partial charge in [-0.2, -0.15) is 0 Å². The van der Waals surface area contributed by atoms with Gasteiger partial charge in [0.2, 0.25) is 0 Å². The topological polar surface area (TPSA) is 40.0 Å². The highest BCUT2D eigenvalue weighted by molar-refractivity contribution is 7.15. The molecule has 4 heterocycles. The third kappa shape index (κ3) is 5.19. The third-order valence-corrected chi connectivity index (χ3v) is 9.42. The van der Waals surface area contributed by atoms with E-state index in [1.54, 1.807) is 0 Å². The molecule has 0 bridgehead atoms. The van der Waals surface area contributed by atoms with Crippen molar-refractivity contribution in [2.75, 3.05) is 7.05 Å². The van der Waals surface area contributed by atoms with Crippen LogP contribution in [0.25, 0.3) is 10.4 Å². The molecule has 6 rings (SSSR count). The van der Waals surface area contributed by atoms with E-state index in [0.717, 1.165) is 5.92 Å². The number of nitrogens with zero attached hydrogens (tertiary/aromatic N) is 3. The zero-order chi connectivity index (χ0) is 24.4. The molecule has 0 spiro atoms. The quantitative estimate of drug-likeness (QED) is 0.401. The highest BCUT2D eigenvalue weighted by atomic mass is 32.1. The van der Waals surface area contributed by atoms with Gasteiger partial charge in [-0.15, -0.1) is 22.7 Å². The number of aryl methyl sites for hydroxylation is 2. The summed E-state index contributed by atoms with van der Waals surface area (Å²) in [6.45, 7) is 6.58. The maximum absolute atomic E-state index is 4.62. The summed E-state index contributed by atoms with van der Waals surface area (Å²) in [6, 6.07) is 13.4. The summed E-state index contributed by atoms with van der Waals surface area (Å²) in [5.41, 5.74) is 6.93. The smallest absolute Gasteiger partial charge is 0.109 e. The lowest BCUT2D eigenvalue weighted by Gasteiger charge is -2.24. The lowest BCUT2D eigenvalue weighted by atomic mass is 9.98. The van der Waals surface area contributed by atoms with E-state index in [4.69, 9.17) is 0 Å². The predicted molar refractivity (Wildman–Crippen MR) is 152 cm³/mol. The summed E-state index contributed by atoms with van der Waals surface area (Å²) in [7, 11) is 2.07. The molecular formula is C29H32N4S2. The number of benzene rings is 1. The van der Waals surface area contributed by atoms with Gasteiger partial charge in [-0.25, -0.2) is 4.99 Å². The van der Waals surface area contributed by atoms with E-state index in [2.05, 4.69) is 102 Å². The van der Waals surface area contributed by atoms with Gasteiger partial charge < -0.3 is 10.2 Å². The molecule has 1 aliphatic carbocycles. The van der Waals surface area contributed by atoms with Crippen molar-refractivity contribution in [2.24, 2.45) is 15.9 Å². The van der Waals surface area contributed by atoms with Crippen LogP contribution in [0, 0.1) is 26.7 Å². The van der Waals surface area contributed by atoms with Crippen LogP contribution in [0.5, 0.6) is 0 Å². The molecule has 0 amide bonds. The molecule has 3 aliphatic rings. The van der Waals surface area contributed by atoms with Gasteiger partial charge in [0.25, 0.3) is 0 Å². The van der Waals surface area contributed by atoms with E-state index in [1.165, 1.54) is 55.3 Å². The van der Waals surface area contributed by atoms with Gasteiger partial charge in [-0.3, -0.25) is 4.99 Å². The lowest BCUT2D eigenvalue weighted by molar-refractivity contribution is 0.450. The Bertz CT molecular complexity index is 1290. The molecule has 1 saturated carbocycles. The fourth-order valence-corrected chi connectivity index (χ4v) is 6.93. The molecule has 1 fully saturated rings. The molecule has 1 aromatic carbocycles. The van der Waals surface area contributed by atoms with Crippen molar-refractivity contribution >= 4 is 35.4 Å². The SMILES string of the molecule is Cc1cc(-c2ccccc2)sc1C1C=CN=CN1C.Cc1csc(C2N=CNC=C2C2CC2)c1C. The van der Waals surface area contributed by atoms with Crippen molar-refractivity contribution in [1.29, 1.82) is 0 Å². The van der Waals surface area contributed by atoms with Crippen LogP contribution in [0.15, 0.2) is 75.8 Å². The minimum absolute atomic E-state index is 0.285. The highest BCUT2D eigenvalue weighted by Crippen LogP contribution is 2.46. The van der Waals surface area contributed by atoms with Crippen LogP contribution < -0.4 is 5.32 Å². The summed E-state index contributed by atoms with van der Waals surface area (Å²) < 4.78 is 0. The van der Waals surface area contributed by atoms with Crippen LogP contribution in [0.3, 0.4) is 0 Å². The Hall–Kier alpha value is -2.96. The van der Waals surface area contributed by atoms with Crippen LogP contribution >= 0.6 is 22.7 Å². The summed E-state index contributed by atoms with van der Waals surface area (Å²) in [5.74, 6) is 0.775. The maximum Gasteiger partial charge on any atom is 0.109 e. The second kappa shape index (κ2) is 10.3. The van der Waals surface area contributed by atoms with Gasteiger partial charge >= 0.3 is 0 Å². The van der Waals surface area contributed by atoms with E-state index in [1.807, 2.05) is 41.6 Å². The zero-order valence-electron chi connectivity index (χ0n) is 20.7. The van der Waals surface area contributed by atoms with Gasteiger partial charge in [-0.05, 0) is 84.9 Å². The molecule has 0 saturated heterocycles. The first-order valence-electron chi connectivity index (χ1n) is 12.1. The zero-order valence-corrected chi connectivity index (χ0v) is 22.4. The number of nitrogens with one attached hydrogen (secondary N) is 1. The first-order valence-corrected chi connectivity index (χ1v) is 13.8. The van der Waals surface area contributed by atoms with Crippen molar-refractivity contribution in [1.82, 2.24) is 10.2 Å². The first kappa shape index (κ1) is 23.8. The Balaban J connectivity index is 0.000000147. The van der Waals surface area contributed by atoms with Gasteiger partial charge in [0.05, 0.1) is 18.7 Å². The van der Waals surface area contributed by atoms with Crippen LogP contribution in [-0.2, 0) is 0 Å². The van der Waals surface area contributed by atoms with E-state index in [-0.39, 0.29) is 6.04 Å². The molecule has 2 unspecified atom stereocenters. The van der Waals surface area contributed by atoms with E-state index >= 15 is 0 Å². The van der Waals surface area contributed by atoms with Crippen LogP contribution in [0.1, 0.15) is 51.4 Å². The Morgan fingerprint density at radius 3 is 2.51 bits per heavy atom. The van der Waals surface area contributed by atoms with Crippen LogP contribution in [-0.4, -0.2) is 24.6 Å². The summed E-state index contributed by atoms with van der Waals surface area (Å²) in [6.07, 6.45) is 12.6. The fraction of sp³-hybridized carbons (Fsp3) is 0.310. The largest absolute Gasteiger partial charge is 0.354 e. The van der Waals surface area contributed by atoms with Crippen LogP contribution in [0.2, 0.25) is 0 Å². The summed E-state index contributed by atoms with van der Waals surface area (Å²) in [5, 5.41) is 5.38. The first-order chi connectivity index (χ1) is 17.0. The molecule has 0 radical (unpaired) electrons. The summed E-state index contributed by atoms with van der Waals surface area (Å²) >= 11 is 3.72. The van der Waals surface area contributed by atoms with Crippen molar-refractivity contribution < 1.29 is 0 Å². The Morgan fingerprint density at radius 2 is 1.83 bits per heavy atom. The number of hydrogen-bond donors (Lipinski definition) is 1. The van der Waals surface area contributed by atoms with Crippen molar-refractivity contribution in [3.8, 4) is 10.4 Å². The van der Waals surface area contributed by atoms with Crippen molar-refractivity contribution in [2.45, 2.75) is 45.7 Å². The van der Waals surface area contributed by atoms with Gasteiger partial charge in [0.15, 0.2) is 0 Å². The van der Waals surface area contributed by atoms with Crippen molar-refractivity contribution in [3.63, 3.8) is 0 Å². The highest BCUT2D eigenvalue weighted by Gasteiger charge is 2.33. The second-order valence-electron chi connectivity index (χ2n) is 9.41. The van der Waals surface area contributed by atoms with Crippen molar-refractivity contribution in [3.05, 3.63) is 92.3 Å². The normalized spacial score (nSPS) is 20.8. The third-order valence-electron chi connectivity index (χ3n) is 6.81. The molecule has 1 N–H and O–H groups in total. The molecule has 2 atom stereocenters. The average Bonchev–Trinajstić information content (AvgIpc) is 3.59. The minimum atomic E-state index is 0.285.